The molecule has 0 bridgehead atoms. The molecule has 2 amide bonds. The number of rotatable bonds is 5. The number of carboxylic acid groups (broad SMARTS) is 1. The van der Waals surface area contributed by atoms with E-state index in [1.807, 2.05) is 0 Å². The van der Waals surface area contributed by atoms with E-state index in [-0.39, 0.29) is 0 Å². The predicted molar refractivity (Wildman–Crippen MR) is 54.1 cm³/mol. The molecule has 0 aliphatic heterocycles. The monoisotopic (exact) mass is 240 g/mol. The molecule has 1 aliphatic carbocycles. The number of hydrogen-bond donors (Lipinski definition) is 3. The molecule has 1 fully saturated rings. The van der Waals surface area contributed by atoms with Crippen LogP contribution in [0.25, 0.3) is 0 Å². The zero-order valence-corrected chi connectivity index (χ0v) is 8.97. The average Bonchev–Trinajstić information content (AvgIpc) is 2.87. The first-order chi connectivity index (χ1) is 8.12. The first-order valence-corrected chi connectivity index (χ1v) is 5.17. The van der Waals surface area contributed by atoms with E-state index in [0.717, 1.165) is 0 Å². The minimum absolute atomic E-state index is 0.309. The van der Waals surface area contributed by atoms with E-state index in [9.17, 15) is 9.59 Å². The van der Waals surface area contributed by atoms with Crippen LogP contribution in [0.3, 0.4) is 0 Å². The fraction of sp³-hybridized carbons (Fsp3) is 0.556. The topological polar surface area (TPSA) is 117 Å². The third-order valence-electron chi connectivity index (χ3n) is 2.54. The highest BCUT2D eigenvalue weighted by Crippen LogP contribution is 2.35. The standard InChI is InChI=1S/C9H12N4O4/c14-7(15)9(2-3-9)13-8(16)10-4-1-6-11-5-12-17-6/h5H,1-4H2,(H,14,15)(H2,10,13,16). The van der Waals surface area contributed by atoms with Crippen molar-refractivity contribution in [3.05, 3.63) is 12.2 Å². The van der Waals surface area contributed by atoms with E-state index in [0.29, 0.717) is 31.7 Å². The molecule has 0 unspecified atom stereocenters. The van der Waals surface area contributed by atoms with Gasteiger partial charge in [0.05, 0.1) is 0 Å². The first-order valence-electron chi connectivity index (χ1n) is 5.17. The zero-order chi connectivity index (χ0) is 12.3. The molecule has 8 heteroatoms. The van der Waals surface area contributed by atoms with Crippen molar-refractivity contribution in [2.45, 2.75) is 24.8 Å². The molecule has 0 saturated heterocycles. The Kier molecular flexibility index (Phi) is 2.94. The molecule has 1 aliphatic rings. The lowest BCUT2D eigenvalue weighted by Crippen LogP contribution is -2.48. The van der Waals surface area contributed by atoms with Gasteiger partial charge in [0.2, 0.25) is 5.89 Å². The summed E-state index contributed by atoms with van der Waals surface area (Å²) in [7, 11) is 0. The number of nitrogens with zero attached hydrogens (tertiary/aromatic N) is 2. The largest absolute Gasteiger partial charge is 0.480 e. The predicted octanol–water partition coefficient (Wildman–Crippen LogP) is -0.472. The van der Waals surface area contributed by atoms with E-state index in [1.165, 1.54) is 6.33 Å². The van der Waals surface area contributed by atoms with Crippen LogP contribution in [0.15, 0.2) is 10.9 Å². The van der Waals surface area contributed by atoms with E-state index in [4.69, 9.17) is 9.63 Å². The van der Waals surface area contributed by atoms with E-state index in [2.05, 4.69) is 20.8 Å². The molecule has 0 spiro atoms. The second kappa shape index (κ2) is 4.40. The first kappa shape index (κ1) is 11.4. The highest BCUT2D eigenvalue weighted by atomic mass is 16.5. The molecular formula is C9H12N4O4. The molecule has 1 heterocycles. The van der Waals surface area contributed by atoms with Crippen LogP contribution >= 0.6 is 0 Å². The second-order valence-electron chi connectivity index (χ2n) is 3.85. The van der Waals surface area contributed by atoms with Gasteiger partial charge in [-0.2, -0.15) is 4.98 Å². The number of urea groups is 1. The van der Waals surface area contributed by atoms with Gasteiger partial charge in [-0.15, -0.1) is 0 Å². The summed E-state index contributed by atoms with van der Waals surface area (Å²) in [6.07, 6.45) is 2.63. The number of carbonyl (C=O) groups is 2. The third kappa shape index (κ3) is 2.71. The third-order valence-corrected chi connectivity index (χ3v) is 2.54. The Labute approximate surface area is 96.4 Å². The summed E-state index contributed by atoms with van der Waals surface area (Å²) in [5.74, 6) is -0.575. The Hall–Kier alpha value is -2.12. The van der Waals surface area contributed by atoms with Gasteiger partial charge in [0.25, 0.3) is 0 Å². The van der Waals surface area contributed by atoms with Crippen LogP contribution in [0.4, 0.5) is 4.79 Å². The summed E-state index contributed by atoms with van der Waals surface area (Å²) in [6, 6.07) is -0.496. The molecule has 92 valence electrons. The van der Waals surface area contributed by atoms with Crippen molar-refractivity contribution < 1.29 is 19.2 Å². The summed E-state index contributed by atoms with van der Waals surface area (Å²) >= 11 is 0. The Morgan fingerprint density at radius 3 is 2.82 bits per heavy atom. The van der Waals surface area contributed by atoms with Gasteiger partial charge < -0.3 is 20.3 Å². The maximum atomic E-state index is 11.4. The molecule has 0 radical (unpaired) electrons. The van der Waals surface area contributed by atoms with Gasteiger partial charge in [-0.25, -0.2) is 9.59 Å². The van der Waals surface area contributed by atoms with E-state index < -0.39 is 17.5 Å². The number of carbonyl (C=O) groups excluding carboxylic acids is 1. The maximum absolute atomic E-state index is 11.4. The van der Waals surface area contributed by atoms with Crippen LogP contribution < -0.4 is 10.6 Å². The highest BCUT2D eigenvalue weighted by molar-refractivity contribution is 5.88. The van der Waals surface area contributed by atoms with E-state index >= 15 is 0 Å². The SMILES string of the molecule is O=C(NCCc1ncno1)NC1(C(=O)O)CC1. The van der Waals surface area contributed by atoms with Gasteiger partial charge in [0.1, 0.15) is 5.54 Å². The Bertz CT molecular complexity index is 413. The molecule has 17 heavy (non-hydrogen) atoms. The quantitative estimate of drug-likeness (QED) is 0.640. The van der Waals surface area contributed by atoms with Gasteiger partial charge >= 0.3 is 12.0 Å². The van der Waals surface area contributed by atoms with Gasteiger partial charge in [-0.05, 0) is 12.8 Å². The van der Waals surface area contributed by atoms with Crippen molar-refractivity contribution in [2.24, 2.45) is 0 Å². The second-order valence-corrected chi connectivity index (χ2v) is 3.85. The number of nitrogens with one attached hydrogen (secondary N) is 2. The number of hydrogen-bond acceptors (Lipinski definition) is 5. The fourth-order valence-corrected chi connectivity index (χ4v) is 1.37. The van der Waals surface area contributed by atoms with Crippen molar-refractivity contribution in [1.29, 1.82) is 0 Å². The van der Waals surface area contributed by atoms with Crippen LogP contribution in [-0.2, 0) is 11.2 Å². The Morgan fingerprint density at radius 1 is 1.53 bits per heavy atom. The minimum atomic E-state index is -1.06. The molecule has 1 aromatic rings. The normalized spacial score (nSPS) is 16.2. The molecule has 2 rings (SSSR count). The summed E-state index contributed by atoms with van der Waals surface area (Å²) in [4.78, 5) is 26.0. The average molecular weight is 240 g/mol. The van der Waals surface area contributed by atoms with Crippen LogP contribution in [0, 0.1) is 0 Å². The van der Waals surface area contributed by atoms with Crippen molar-refractivity contribution >= 4 is 12.0 Å². The van der Waals surface area contributed by atoms with E-state index in [1.54, 1.807) is 0 Å². The Morgan fingerprint density at radius 2 is 2.29 bits per heavy atom. The maximum Gasteiger partial charge on any atom is 0.329 e. The number of carboxylic acids is 1. The molecule has 1 saturated carbocycles. The molecular weight excluding hydrogens is 228 g/mol. The summed E-state index contributed by atoms with van der Waals surface area (Å²) in [5.41, 5.74) is -1.06. The Balaban J connectivity index is 1.70. The molecule has 8 nitrogen and oxygen atoms in total. The van der Waals surface area contributed by atoms with Gasteiger partial charge in [0.15, 0.2) is 6.33 Å². The summed E-state index contributed by atoms with van der Waals surface area (Å²) < 4.78 is 4.74. The van der Waals surface area contributed by atoms with Gasteiger partial charge in [-0.3, -0.25) is 0 Å². The molecule has 0 atom stereocenters. The van der Waals surface area contributed by atoms with Crippen molar-refractivity contribution in [3.63, 3.8) is 0 Å². The summed E-state index contributed by atoms with van der Waals surface area (Å²) in [5, 5.41) is 17.2. The number of amides is 2. The van der Waals surface area contributed by atoms with Crippen LogP contribution in [0.1, 0.15) is 18.7 Å². The molecule has 0 aromatic carbocycles. The van der Waals surface area contributed by atoms with Crippen molar-refractivity contribution in [2.75, 3.05) is 6.54 Å². The summed E-state index contributed by atoms with van der Waals surface area (Å²) in [6.45, 7) is 0.309. The van der Waals surface area contributed by atoms with Gasteiger partial charge in [0, 0.05) is 13.0 Å². The van der Waals surface area contributed by atoms with Crippen LogP contribution in [-0.4, -0.2) is 39.3 Å². The van der Waals surface area contributed by atoms with Crippen LogP contribution in [0.5, 0.6) is 0 Å². The zero-order valence-electron chi connectivity index (χ0n) is 8.97. The lowest BCUT2D eigenvalue weighted by atomic mass is 10.3. The number of aromatic nitrogens is 2. The smallest absolute Gasteiger partial charge is 0.329 e. The number of aliphatic carboxylic acids is 1. The van der Waals surface area contributed by atoms with Crippen molar-refractivity contribution in [1.82, 2.24) is 20.8 Å². The molecule has 3 N–H and O–H groups in total. The van der Waals surface area contributed by atoms with Crippen molar-refractivity contribution in [3.8, 4) is 0 Å². The van der Waals surface area contributed by atoms with Crippen LogP contribution in [0.2, 0.25) is 0 Å². The molecule has 1 aromatic heterocycles. The minimum Gasteiger partial charge on any atom is -0.480 e. The van der Waals surface area contributed by atoms with Gasteiger partial charge in [-0.1, -0.05) is 5.16 Å². The lowest BCUT2D eigenvalue weighted by molar-refractivity contribution is -0.140. The highest BCUT2D eigenvalue weighted by Gasteiger charge is 2.51. The lowest BCUT2D eigenvalue weighted by Gasteiger charge is -2.12. The fourth-order valence-electron chi connectivity index (χ4n) is 1.37.